The summed E-state index contributed by atoms with van der Waals surface area (Å²) < 4.78 is 7.19. The molecule has 0 spiro atoms. The number of nitrogens with one attached hydrogen (secondary N) is 1. The number of aliphatic hydroxyl groups excluding tert-OH is 2. The van der Waals surface area contributed by atoms with Crippen molar-refractivity contribution in [2.75, 3.05) is 12.3 Å². The Morgan fingerprint density at radius 2 is 2.48 bits per heavy atom. The number of fused-ring (bicyclic) bond motifs is 1. The molecule has 1 aliphatic rings. The molecule has 3 atom stereocenters. The van der Waals surface area contributed by atoms with E-state index in [1.54, 1.807) is 16.8 Å². The van der Waals surface area contributed by atoms with Crippen LogP contribution in [-0.4, -0.2) is 43.1 Å². The third-order valence-electron chi connectivity index (χ3n) is 3.70. The van der Waals surface area contributed by atoms with Crippen molar-refractivity contribution in [2.45, 2.75) is 24.4 Å². The van der Waals surface area contributed by atoms with Gasteiger partial charge in [-0.3, -0.25) is 9.78 Å². The van der Waals surface area contributed by atoms with Crippen molar-refractivity contribution >= 4 is 17.0 Å². The average Bonchev–Trinajstić information content (AvgIpc) is 3.00. The molecule has 3 unspecified atom stereocenters. The predicted octanol–water partition coefficient (Wildman–Crippen LogP) is -1.05. The van der Waals surface area contributed by atoms with Crippen LogP contribution in [0.1, 0.15) is 12.6 Å². The fourth-order valence-electron chi connectivity index (χ4n) is 2.53. The van der Waals surface area contributed by atoms with Gasteiger partial charge in [-0.05, 0) is 6.07 Å². The van der Waals surface area contributed by atoms with Gasteiger partial charge in [-0.15, -0.1) is 6.42 Å². The van der Waals surface area contributed by atoms with Gasteiger partial charge in [0, 0.05) is 12.6 Å². The van der Waals surface area contributed by atoms with E-state index in [9.17, 15) is 15.0 Å². The van der Waals surface area contributed by atoms with E-state index in [0.717, 1.165) is 0 Å². The van der Waals surface area contributed by atoms with Crippen LogP contribution in [0.25, 0.3) is 11.0 Å². The molecule has 110 valence electrons. The second kappa shape index (κ2) is 4.60. The van der Waals surface area contributed by atoms with Gasteiger partial charge in [-0.1, -0.05) is 5.92 Å². The average molecular weight is 290 g/mol. The van der Waals surface area contributed by atoms with Crippen LogP contribution in [0.4, 0.5) is 5.95 Å². The number of aliphatic hydroxyl groups is 2. The number of rotatable bonds is 2. The molecule has 0 aromatic carbocycles. The lowest BCUT2D eigenvalue weighted by atomic mass is 9.99. The monoisotopic (exact) mass is 290 g/mol. The fraction of sp³-hybridized carbons (Fsp3) is 0.385. The first kappa shape index (κ1) is 13.6. The second-order valence-corrected chi connectivity index (χ2v) is 4.93. The summed E-state index contributed by atoms with van der Waals surface area (Å²) in [5.74, 6) is 2.27. The quantitative estimate of drug-likeness (QED) is 0.523. The summed E-state index contributed by atoms with van der Waals surface area (Å²) in [5.41, 5.74) is 4.06. The van der Waals surface area contributed by atoms with E-state index >= 15 is 0 Å². The molecule has 8 heteroatoms. The second-order valence-electron chi connectivity index (χ2n) is 4.93. The van der Waals surface area contributed by atoms with Gasteiger partial charge in [0.05, 0.1) is 12.0 Å². The smallest absolute Gasteiger partial charge is 0.261 e. The Kier molecular flexibility index (Phi) is 2.98. The zero-order valence-corrected chi connectivity index (χ0v) is 11.0. The predicted molar refractivity (Wildman–Crippen MR) is 74.2 cm³/mol. The molecular formula is C13H14N4O4. The van der Waals surface area contributed by atoms with Crippen molar-refractivity contribution in [3.8, 4) is 12.3 Å². The van der Waals surface area contributed by atoms with Crippen molar-refractivity contribution in [3.05, 3.63) is 22.6 Å². The first-order valence-electron chi connectivity index (χ1n) is 6.31. The van der Waals surface area contributed by atoms with Crippen LogP contribution in [0.15, 0.2) is 17.1 Å². The minimum atomic E-state index is -1.45. The Morgan fingerprint density at radius 3 is 3.10 bits per heavy atom. The van der Waals surface area contributed by atoms with Gasteiger partial charge in [0.15, 0.2) is 11.2 Å². The van der Waals surface area contributed by atoms with E-state index in [1.165, 1.54) is 0 Å². The summed E-state index contributed by atoms with van der Waals surface area (Å²) in [7, 11) is 0. The number of nitrogens with two attached hydrogens (primary N) is 1. The first-order valence-corrected chi connectivity index (χ1v) is 6.31. The highest BCUT2D eigenvalue weighted by molar-refractivity contribution is 5.76. The standard InChI is InChI=1S/C13H14N4O4/c1-2-13(6-18)8(19)5-9(21-13)17-4-3-7-10(17)15-12(14)16-11(7)20/h1,3-4,8-9,18-19H,5-6H2,(H3,14,15,16,20). The highest BCUT2D eigenvalue weighted by atomic mass is 16.6. The van der Waals surface area contributed by atoms with Crippen LogP contribution in [-0.2, 0) is 4.74 Å². The van der Waals surface area contributed by atoms with E-state index in [4.69, 9.17) is 16.9 Å². The van der Waals surface area contributed by atoms with E-state index in [1.807, 2.05) is 0 Å². The molecule has 0 radical (unpaired) electrons. The van der Waals surface area contributed by atoms with Crippen molar-refractivity contribution in [2.24, 2.45) is 0 Å². The molecule has 0 saturated carbocycles. The van der Waals surface area contributed by atoms with Crippen LogP contribution in [0, 0.1) is 12.3 Å². The molecule has 0 amide bonds. The third-order valence-corrected chi connectivity index (χ3v) is 3.70. The van der Waals surface area contributed by atoms with Crippen molar-refractivity contribution in [1.29, 1.82) is 0 Å². The number of aromatic nitrogens is 3. The summed E-state index contributed by atoms with van der Waals surface area (Å²) in [6, 6.07) is 1.57. The van der Waals surface area contributed by atoms with Crippen molar-refractivity contribution in [1.82, 2.24) is 14.5 Å². The number of H-pyrrole nitrogens is 1. The Labute approximate surface area is 119 Å². The zero-order chi connectivity index (χ0) is 15.2. The summed E-state index contributed by atoms with van der Waals surface area (Å²) in [6.45, 7) is -0.503. The van der Waals surface area contributed by atoms with E-state index in [0.29, 0.717) is 11.0 Å². The highest BCUT2D eigenvalue weighted by Gasteiger charge is 2.47. The number of hydrogen-bond acceptors (Lipinski definition) is 6. The lowest BCUT2D eigenvalue weighted by molar-refractivity contribution is -0.0890. The van der Waals surface area contributed by atoms with Gasteiger partial charge >= 0.3 is 0 Å². The SMILES string of the molecule is C#CC1(CO)OC(n2ccc3c(=O)[nH]c(N)nc32)CC1O. The van der Waals surface area contributed by atoms with E-state index in [-0.39, 0.29) is 17.9 Å². The number of nitrogen functional groups attached to an aromatic ring is 1. The molecule has 0 bridgehead atoms. The molecule has 1 fully saturated rings. The van der Waals surface area contributed by atoms with Gasteiger partial charge < -0.3 is 25.3 Å². The van der Waals surface area contributed by atoms with E-state index < -0.39 is 24.5 Å². The maximum Gasteiger partial charge on any atom is 0.261 e. The fourth-order valence-corrected chi connectivity index (χ4v) is 2.53. The largest absolute Gasteiger partial charge is 0.392 e. The Balaban J connectivity index is 2.07. The Bertz CT molecular complexity index is 790. The molecule has 1 saturated heterocycles. The molecule has 5 N–H and O–H groups in total. The molecule has 2 aromatic rings. The van der Waals surface area contributed by atoms with Crippen LogP contribution < -0.4 is 11.3 Å². The maximum atomic E-state index is 11.8. The zero-order valence-electron chi connectivity index (χ0n) is 11.0. The molecule has 2 aromatic heterocycles. The van der Waals surface area contributed by atoms with Crippen LogP contribution in [0.5, 0.6) is 0 Å². The summed E-state index contributed by atoms with van der Waals surface area (Å²) >= 11 is 0. The van der Waals surface area contributed by atoms with Gasteiger partial charge in [0.25, 0.3) is 5.56 Å². The van der Waals surface area contributed by atoms with Gasteiger partial charge in [-0.2, -0.15) is 4.98 Å². The summed E-state index contributed by atoms with van der Waals surface area (Å²) in [4.78, 5) is 18.3. The Morgan fingerprint density at radius 1 is 1.71 bits per heavy atom. The molecule has 3 rings (SSSR count). The lowest BCUT2D eigenvalue weighted by Crippen LogP contribution is -2.41. The third kappa shape index (κ3) is 1.91. The van der Waals surface area contributed by atoms with Crippen LogP contribution >= 0.6 is 0 Å². The normalized spacial score (nSPS) is 28.8. The number of terminal acetylenes is 1. The highest BCUT2D eigenvalue weighted by Crippen LogP contribution is 2.37. The molecule has 21 heavy (non-hydrogen) atoms. The summed E-state index contributed by atoms with van der Waals surface area (Å²) in [6.07, 6.45) is 5.46. The first-order chi connectivity index (χ1) is 10.0. The number of aromatic amines is 1. The minimum absolute atomic E-state index is 0.0173. The summed E-state index contributed by atoms with van der Waals surface area (Å²) in [5, 5.41) is 19.8. The maximum absolute atomic E-state index is 11.8. The van der Waals surface area contributed by atoms with E-state index in [2.05, 4.69) is 15.9 Å². The topological polar surface area (TPSA) is 126 Å². The lowest BCUT2D eigenvalue weighted by Gasteiger charge is -2.23. The molecule has 8 nitrogen and oxygen atoms in total. The van der Waals surface area contributed by atoms with Crippen molar-refractivity contribution < 1.29 is 14.9 Å². The number of anilines is 1. The van der Waals surface area contributed by atoms with Crippen molar-refractivity contribution in [3.63, 3.8) is 0 Å². The molecule has 1 aliphatic heterocycles. The van der Waals surface area contributed by atoms with Crippen LogP contribution in [0.3, 0.4) is 0 Å². The number of ether oxygens (including phenoxy) is 1. The molecular weight excluding hydrogens is 276 g/mol. The Hall–Kier alpha value is -2.34. The number of hydrogen-bond donors (Lipinski definition) is 4. The van der Waals surface area contributed by atoms with Crippen LogP contribution in [0.2, 0.25) is 0 Å². The van der Waals surface area contributed by atoms with Gasteiger partial charge in [0.2, 0.25) is 5.95 Å². The van der Waals surface area contributed by atoms with Gasteiger partial charge in [0.1, 0.15) is 12.3 Å². The minimum Gasteiger partial charge on any atom is -0.392 e. The number of nitrogens with zero attached hydrogens (tertiary/aromatic N) is 2. The molecule has 0 aliphatic carbocycles. The molecule has 3 heterocycles. The van der Waals surface area contributed by atoms with Gasteiger partial charge in [-0.25, -0.2) is 0 Å².